The number of amides is 1. The number of hydrogen-bond donors (Lipinski definition) is 1. The van der Waals surface area contributed by atoms with Crippen molar-refractivity contribution in [1.29, 1.82) is 0 Å². The van der Waals surface area contributed by atoms with Gasteiger partial charge in [0.1, 0.15) is 0 Å². The first-order valence-corrected chi connectivity index (χ1v) is 7.27. The second-order valence-corrected chi connectivity index (χ2v) is 5.43. The summed E-state index contributed by atoms with van der Waals surface area (Å²) in [5.41, 5.74) is 2.00. The number of thiophene rings is 1. The van der Waals surface area contributed by atoms with Crippen molar-refractivity contribution in [2.45, 2.75) is 13.0 Å². The van der Waals surface area contributed by atoms with E-state index >= 15 is 0 Å². The van der Waals surface area contributed by atoms with Gasteiger partial charge in [-0.3, -0.25) is 14.9 Å². The van der Waals surface area contributed by atoms with Gasteiger partial charge in [0.05, 0.1) is 16.0 Å². The van der Waals surface area contributed by atoms with Crippen LogP contribution in [0.4, 0.5) is 10.1 Å². The Bertz CT molecular complexity index is 747. The molecule has 2 rings (SSSR count). The minimum absolute atomic E-state index is 0.00976. The summed E-state index contributed by atoms with van der Waals surface area (Å²) < 4.78 is 18.1. The predicted octanol–water partition coefficient (Wildman–Crippen LogP) is 2.71. The maximum Gasteiger partial charge on any atom is 0.310 e. The van der Waals surface area contributed by atoms with E-state index in [0.29, 0.717) is 4.88 Å². The highest BCUT2D eigenvalue weighted by atomic mass is 32.1. The molecule has 0 aliphatic heterocycles. The lowest BCUT2D eigenvalue weighted by Gasteiger charge is -2.12. The van der Waals surface area contributed by atoms with E-state index in [1.165, 1.54) is 43.5 Å². The van der Waals surface area contributed by atoms with Crippen LogP contribution < -0.4 is 10.2 Å². The number of rotatable bonds is 6. The summed E-state index contributed by atoms with van der Waals surface area (Å²) in [7, 11) is 0. The smallest absolute Gasteiger partial charge is 0.310 e. The summed E-state index contributed by atoms with van der Waals surface area (Å²) in [5.74, 6) is -0.596. The summed E-state index contributed by atoms with van der Waals surface area (Å²) in [6, 6.07) is 8.55. The molecule has 23 heavy (non-hydrogen) atoms. The Kier molecular flexibility index (Phi) is 5.36. The van der Waals surface area contributed by atoms with Crippen LogP contribution in [0.25, 0.3) is 0 Å². The topological polar surface area (TPSA) is 93.8 Å². The summed E-state index contributed by atoms with van der Waals surface area (Å²) in [6.07, 6.45) is 0.303. The molecule has 0 bridgehead atoms. The Hall–Kier alpha value is -2.81. The minimum atomic E-state index is -0.992. The molecule has 1 aromatic heterocycles. The average molecular weight is 337 g/mol. The number of nitro benzene ring substituents is 1. The lowest BCUT2D eigenvalue weighted by molar-refractivity contribution is -0.386. The summed E-state index contributed by atoms with van der Waals surface area (Å²) in [6.45, 7) is 1.44. The van der Waals surface area contributed by atoms with Crippen molar-refractivity contribution in [3.05, 3.63) is 56.5 Å². The molecule has 1 atom stereocenters. The van der Waals surface area contributed by atoms with Crippen LogP contribution in [0, 0.1) is 15.2 Å². The van der Waals surface area contributed by atoms with Gasteiger partial charge < -0.3 is 4.74 Å². The van der Waals surface area contributed by atoms with E-state index in [1.54, 1.807) is 6.07 Å². The van der Waals surface area contributed by atoms with Gasteiger partial charge in [-0.1, -0.05) is 12.1 Å². The second-order valence-electron chi connectivity index (χ2n) is 4.36. The molecule has 0 radical (unpaired) electrons. The van der Waals surface area contributed by atoms with Gasteiger partial charge >= 0.3 is 5.69 Å². The molecule has 1 heterocycles. The van der Waals surface area contributed by atoms with Gasteiger partial charge in [0, 0.05) is 6.07 Å². The van der Waals surface area contributed by atoms with Crippen LogP contribution in [0.1, 0.15) is 11.8 Å². The molecule has 0 saturated heterocycles. The molecule has 0 aliphatic carbocycles. The number of halogens is 1. The summed E-state index contributed by atoms with van der Waals surface area (Å²) >= 11 is 0.882. The molecule has 2 aromatic rings. The highest BCUT2D eigenvalue weighted by molar-refractivity contribution is 7.12. The molecule has 7 nitrogen and oxygen atoms in total. The molecule has 0 saturated carbocycles. The molecule has 9 heteroatoms. The Morgan fingerprint density at radius 2 is 2.17 bits per heavy atom. The number of ether oxygens (including phenoxy) is 1. The van der Waals surface area contributed by atoms with Gasteiger partial charge in [-0.05, 0) is 25.1 Å². The van der Waals surface area contributed by atoms with Crippen molar-refractivity contribution in [2.24, 2.45) is 5.10 Å². The van der Waals surface area contributed by atoms with Crippen molar-refractivity contribution in [3.63, 3.8) is 0 Å². The first kappa shape index (κ1) is 16.6. The van der Waals surface area contributed by atoms with E-state index in [-0.39, 0.29) is 16.6 Å². The minimum Gasteiger partial charge on any atom is -0.474 e. The Morgan fingerprint density at radius 3 is 2.83 bits per heavy atom. The van der Waals surface area contributed by atoms with Crippen molar-refractivity contribution in [3.8, 4) is 5.75 Å². The van der Waals surface area contributed by atoms with Gasteiger partial charge in [0.25, 0.3) is 5.91 Å². The SMILES string of the molecule is C[C@@H](Oc1ccccc1[N+](=O)[O-])C(=O)N/N=C\c1ccc(F)s1. The van der Waals surface area contributed by atoms with Crippen LogP contribution in [0.2, 0.25) is 0 Å². The van der Waals surface area contributed by atoms with E-state index in [2.05, 4.69) is 10.5 Å². The third kappa shape index (κ3) is 4.58. The fraction of sp³-hybridized carbons (Fsp3) is 0.143. The number of hydrazone groups is 1. The standard InChI is InChI=1S/C14H12FN3O4S/c1-9(22-12-5-3-2-4-11(12)18(20)21)14(19)17-16-8-10-6-7-13(15)23-10/h2-9H,1H3,(H,17,19)/b16-8-/t9-/m1/s1. The third-order valence-electron chi connectivity index (χ3n) is 2.70. The molecule has 120 valence electrons. The Labute approximate surface area is 134 Å². The fourth-order valence-corrected chi connectivity index (χ4v) is 2.20. The molecular weight excluding hydrogens is 325 g/mol. The first-order chi connectivity index (χ1) is 11.0. The zero-order valence-corrected chi connectivity index (χ0v) is 12.7. The number of benzene rings is 1. The first-order valence-electron chi connectivity index (χ1n) is 6.45. The van der Waals surface area contributed by atoms with Crippen LogP contribution in [0.5, 0.6) is 5.75 Å². The van der Waals surface area contributed by atoms with Gasteiger partial charge in [-0.15, -0.1) is 11.3 Å². The van der Waals surface area contributed by atoms with Gasteiger partial charge in [0.2, 0.25) is 0 Å². The number of hydrogen-bond acceptors (Lipinski definition) is 6. The van der Waals surface area contributed by atoms with E-state index in [1.807, 2.05) is 0 Å². The molecule has 1 amide bonds. The van der Waals surface area contributed by atoms with E-state index in [0.717, 1.165) is 11.3 Å². The largest absolute Gasteiger partial charge is 0.474 e. The van der Waals surface area contributed by atoms with Crippen molar-refractivity contribution in [1.82, 2.24) is 5.43 Å². The van der Waals surface area contributed by atoms with Gasteiger partial charge in [-0.25, -0.2) is 5.43 Å². The highest BCUT2D eigenvalue weighted by Crippen LogP contribution is 2.26. The number of para-hydroxylation sites is 2. The molecule has 0 unspecified atom stereocenters. The number of nitrogens with one attached hydrogen (secondary N) is 1. The van der Waals surface area contributed by atoms with Gasteiger partial charge in [0.15, 0.2) is 17.0 Å². The number of carbonyl (C=O) groups excluding carboxylic acids is 1. The monoisotopic (exact) mass is 337 g/mol. The maximum atomic E-state index is 12.8. The zero-order chi connectivity index (χ0) is 16.8. The third-order valence-corrected chi connectivity index (χ3v) is 3.50. The van der Waals surface area contributed by atoms with Crippen molar-refractivity contribution in [2.75, 3.05) is 0 Å². The molecule has 0 aliphatic rings. The second kappa shape index (κ2) is 7.45. The summed E-state index contributed by atoms with van der Waals surface area (Å²) in [4.78, 5) is 22.7. The molecule has 0 fully saturated rings. The van der Waals surface area contributed by atoms with Crippen LogP contribution >= 0.6 is 11.3 Å². The van der Waals surface area contributed by atoms with E-state index < -0.39 is 16.9 Å². The number of nitrogens with zero attached hydrogens (tertiary/aromatic N) is 2. The lowest BCUT2D eigenvalue weighted by atomic mass is 10.3. The average Bonchev–Trinajstić information content (AvgIpc) is 2.93. The molecule has 1 N–H and O–H groups in total. The van der Waals surface area contributed by atoms with Crippen LogP contribution in [0.3, 0.4) is 0 Å². The van der Waals surface area contributed by atoms with Gasteiger partial charge in [-0.2, -0.15) is 9.49 Å². The summed E-state index contributed by atoms with van der Waals surface area (Å²) in [5, 5.41) is 14.2. The quantitative estimate of drug-likeness (QED) is 0.498. The van der Waals surface area contributed by atoms with Crippen molar-refractivity contribution >= 4 is 29.1 Å². The predicted molar refractivity (Wildman–Crippen MR) is 83.2 cm³/mol. The van der Waals surface area contributed by atoms with E-state index in [4.69, 9.17) is 4.74 Å². The molecule has 0 spiro atoms. The van der Waals surface area contributed by atoms with Crippen molar-refractivity contribution < 1.29 is 18.8 Å². The Morgan fingerprint density at radius 1 is 1.43 bits per heavy atom. The Balaban J connectivity index is 1.95. The zero-order valence-electron chi connectivity index (χ0n) is 11.9. The fourth-order valence-electron chi connectivity index (χ4n) is 1.60. The van der Waals surface area contributed by atoms with E-state index in [9.17, 15) is 19.3 Å². The normalized spacial score (nSPS) is 12.1. The molecule has 1 aromatic carbocycles. The maximum absolute atomic E-state index is 12.8. The number of carbonyl (C=O) groups is 1. The van der Waals surface area contributed by atoms with Crippen LogP contribution in [-0.4, -0.2) is 23.1 Å². The van der Waals surface area contributed by atoms with Crippen LogP contribution in [0.15, 0.2) is 41.5 Å². The number of nitro groups is 1. The lowest BCUT2D eigenvalue weighted by Crippen LogP contribution is -2.33. The highest BCUT2D eigenvalue weighted by Gasteiger charge is 2.20. The van der Waals surface area contributed by atoms with Crippen LogP contribution in [-0.2, 0) is 4.79 Å². The molecular formula is C14H12FN3O4S.